The van der Waals surface area contributed by atoms with Gasteiger partial charge < -0.3 is 33.7 Å². The van der Waals surface area contributed by atoms with Crippen LogP contribution in [0.5, 0.6) is 17.2 Å². The fourth-order valence-corrected chi connectivity index (χ4v) is 10.2. The third kappa shape index (κ3) is 8.60. The SMILES string of the molecule is COc1ccc2c(c1OCC(=O)N1CCN(CCn3c(C(=O)O)c(CCCOc4cccc5cc(F)ccc45)c4ccc(Cl)c(-c5c(C)nn(C)c5C)c43)CC1)CN(C1CCC(=O)NC1=O)C2=O. The second kappa shape index (κ2) is 19.0. The van der Waals surface area contributed by atoms with E-state index >= 15 is 0 Å². The molecule has 9 rings (SSSR count). The number of methoxy groups -OCH3 is 1. The van der Waals surface area contributed by atoms with Crippen LogP contribution in [0.2, 0.25) is 5.02 Å². The van der Waals surface area contributed by atoms with Crippen molar-refractivity contribution in [2.75, 3.05) is 53.0 Å². The normalized spacial score (nSPS) is 16.4. The third-order valence-electron chi connectivity index (χ3n) is 13.4. The highest BCUT2D eigenvalue weighted by atomic mass is 35.5. The van der Waals surface area contributed by atoms with Crippen molar-refractivity contribution < 1.29 is 47.7 Å². The standard InChI is InChI=1S/C50H51ClFN7O9/c1-28-43(29(2)55(3)54-28)44-37(51)14-12-34-33(8-6-24-67-39-9-5-7-30-25-31(52)10-11-32(30)39)46(50(64)65)58(45(34)44)23-20-56-18-21-57(22-19-56)42(61)27-68-47-36-26-59(38-15-17-41(60)53-48(38)62)49(63)35(36)13-16-40(47)66-4/h5,7,9-14,16,25,38H,6,8,15,17-24,26-27H2,1-4H3,(H,64,65)(H,53,60,62). The summed E-state index contributed by atoms with van der Waals surface area (Å²) in [5.74, 6) is -1.73. The number of piperidine rings is 1. The molecule has 1 unspecified atom stereocenters. The van der Waals surface area contributed by atoms with Gasteiger partial charge in [-0.3, -0.25) is 34.1 Å². The minimum Gasteiger partial charge on any atom is -0.493 e. The number of halogens is 2. The highest BCUT2D eigenvalue weighted by molar-refractivity contribution is 6.35. The molecule has 0 aliphatic carbocycles. The Morgan fingerprint density at radius 1 is 0.941 bits per heavy atom. The third-order valence-corrected chi connectivity index (χ3v) is 13.7. The second-order valence-corrected chi connectivity index (χ2v) is 17.8. The van der Waals surface area contributed by atoms with E-state index < -0.39 is 17.9 Å². The second-order valence-electron chi connectivity index (χ2n) is 17.4. The molecule has 4 amide bonds. The van der Waals surface area contributed by atoms with Crippen molar-refractivity contribution >= 4 is 62.9 Å². The van der Waals surface area contributed by atoms with Crippen LogP contribution in [0.1, 0.15) is 62.6 Å². The summed E-state index contributed by atoms with van der Waals surface area (Å²) >= 11 is 7.07. The minimum atomic E-state index is -1.07. The zero-order valence-corrected chi connectivity index (χ0v) is 39.0. The number of imide groups is 1. The molecule has 3 aliphatic heterocycles. The van der Waals surface area contributed by atoms with E-state index in [1.807, 2.05) is 55.8 Å². The first kappa shape index (κ1) is 46.1. The Morgan fingerprint density at radius 2 is 1.72 bits per heavy atom. The molecule has 2 fully saturated rings. The van der Waals surface area contributed by atoms with Crippen LogP contribution in [-0.4, -0.2) is 123 Å². The summed E-state index contributed by atoms with van der Waals surface area (Å²) in [6.07, 6.45) is 1.22. The highest BCUT2D eigenvalue weighted by Crippen LogP contribution is 2.43. The molecule has 0 bridgehead atoms. The Labute approximate surface area is 396 Å². The number of carbonyl (C=O) groups is 5. The van der Waals surface area contributed by atoms with E-state index in [-0.39, 0.29) is 61.0 Å². The zero-order chi connectivity index (χ0) is 48.0. The Kier molecular flexibility index (Phi) is 12.9. The average Bonchev–Trinajstić information content (AvgIpc) is 3.91. The summed E-state index contributed by atoms with van der Waals surface area (Å²) in [5.41, 5.74) is 5.57. The van der Waals surface area contributed by atoms with Crippen LogP contribution in [0, 0.1) is 19.7 Å². The van der Waals surface area contributed by atoms with E-state index in [0.29, 0.717) is 103 Å². The number of benzene rings is 4. The molecular weight excluding hydrogens is 897 g/mol. The molecule has 68 heavy (non-hydrogen) atoms. The van der Waals surface area contributed by atoms with Crippen molar-refractivity contribution in [2.24, 2.45) is 7.05 Å². The first-order valence-corrected chi connectivity index (χ1v) is 23.0. The average molecular weight is 948 g/mol. The number of carbonyl (C=O) groups excluding carboxylic acids is 4. The topological polar surface area (TPSA) is 178 Å². The molecule has 0 radical (unpaired) electrons. The monoisotopic (exact) mass is 947 g/mol. The van der Waals surface area contributed by atoms with Gasteiger partial charge in [0.15, 0.2) is 18.1 Å². The van der Waals surface area contributed by atoms with Crippen molar-refractivity contribution in [3.63, 3.8) is 0 Å². The number of amides is 4. The summed E-state index contributed by atoms with van der Waals surface area (Å²) < 4.78 is 35.5. The van der Waals surface area contributed by atoms with Gasteiger partial charge in [0.05, 0.1) is 36.5 Å². The Bertz CT molecular complexity index is 3030. The number of aryl methyl sites for hydroxylation is 3. The van der Waals surface area contributed by atoms with Gasteiger partial charge in [-0.1, -0.05) is 29.8 Å². The largest absolute Gasteiger partial charge is 0.493 e. The van der Waals surface area contributed by atoms with E-state index in [4.69, 9.17) is 25.8 Å². The molecule has 2 saturated heterocycles. The molecule has 3 aliphatic rings. The predicted molar refractivity (Wildman–Crippen MR) is 251 cm³/mol. The molecule has 2 N–H and O–H groups in total. The number of aromatic carboxylic acids is 1. The van der Waals surface area contributed by atoms with Crippen LogP contribution >= 0.6 is 11.6 Å². The molecule has 16 nitrogen and oxygen atoms in total. The van der Waals surface area contributed by atoms with Crippen molar-refractivity contribution in [3.05, 3.63) is 105 Å². The number of ether oxygens (including phenoxy) is 3. The van der Waals surface area contributed by atoms with Gasteiger partial charge in [0.2, 0.25) is 11.8 Å². The molecule has 6 aromatic rings. The van der Waals surface area contributed by atoms with Crippen LogP contribution < -0.4 is 19.5 Å². The van der Waals surface area contributed by atoms with Gasteiger partial charge in [0, 0.05) is 91.5 Å². The lowest BCUT2D eigenvalue weighted by Crippen LogP contribution is -2.52. The number of hydrogen-bond acceptors (Lipinski definition) is 10. The molecule has 5 heterocycles. The number of nitrogens with zero attached hydrogens (tertiary/aromatic N) is 6. The van der Waals surface area contributed by atoms with Crippen LogP contribution in [0.4, 0.5) is 4.39 Å². The summed E-state index contributed by atoms with van der Waals surface area (Å²) in [5, 5.41) is 20.7. The molecule has 354 valence electrons. The van der Waals surface area contributed by atoms with E-state index in [1.54, 1.807) is 27.8 Å². The van der Waals surface area contributed by atoms with Gasteiger partial charge in [-0.15, -0.1) is 0 Å². The molecule has 18 heteroatoms. The molecule has 1 atom stereocenters. The fourth-order valence-electron chi connectivity index (χ4n) is 9.97. The smallest absolute Gasteiger partial charge is 0.352 e. The number of nitrogens with one attached hydrogen (secondary N) is 1. The Balaban J connectivity index is 0.906. The van der Waals surface area contributed by atoms with Gasteiger partial charge in [-0.05, 0) is 86.5 Å². The van der Waals surface area contributed by atoms with E-state index in [2.05, 4.69) is 15.3 Å². The first-order chi connectivity index (χ1) is 32.7. The maximum absolute atomic E-state index is 14.0. The Morgan fingerprint density at radius 3 is 2.44 bits per heavy atom. The quantitative estimate of drug-likeness (QED) is 0.0872. The van der Waals surface area contributed by atoms with Gasteiger partial charge in [-0.2, -0.15) is 5.10 Å². The van der Waals surface area contributed by atoms with Gasteiger partial charge in [0.1, 0.15) is 23.3 Å². The van der Waals surface area contributed by atoms with E-state index in [0.717, 1.165) is 33.1 Å². The predicted octanol–water partition coefficient (Wildman–Crippen LogP) is 6.31. The number of carboxylic acids is 1. The number of rotatable bonds is 15. The maximum Gasteiger partial charge on any atom is 0.352 e. The lowest BCUT2D eigenvalue weighted by molar-refractivity contribution is -0.137. The van der Waals surface area contributed by atoms with E-state index in [9.17, 15) is 33.5 Å². The number of piperazine rings is 1. The summed E-state index contributed by atoms with van der Waals surface area (Å²) in [4.78, 5) is 70.3. The lowest BCUT2D eigenvalue weighted by Gasteiger charge is -2.35. The maximum atomic E-state index is 14.0. The molecule has 2 aromatic heterocycles. The molecule has 0 saturated carbocycles. The molecule has 4 aromatic carbocycles. The van der Waals surface area contributed by atoms with Crippen LogP contribution in [0.25, 0.3) is 32.8 Å². The van der Waals surface area contributed by atoms with E-state index in [1.165, 1.54) is 24.1 Å². The van der Waals surface area contributed by atoms with Gasteiger partial charge >= 0.3 is 5.97 Å². The zero-order valence-electron chi connectivity index (χ0n) is 38.2. The summed E-state index contributed by atoms with van der Waals surface area (Å²) in [6, 6.07) is 16.1. The number of aromatic nitrogens is 3. The number of hydrogen-bond donors (Lipinski definition) is 2. The minimum absolute atomic E-state index is 0.0567. The van der Waals surface area contributed by atoms with Crippen LogP contribution in [0.15, 0.2) is 60.7 Å². The number of carboxylic acid groups (broad SMARTS) is 1. The highest BCUT2D eigenvalue weighted by Gasteiger charge is 2.41. The van der Waals surface area contributed by atoms with Crippen molar-refractivity contribution in [1.82, 2.24) is 34.4 Å². The first-order valence-electron chi connectivity index (χ1n) is 22.6. The van der Waals surface area contributed by atoms with Gasteiger partial charge in [0.25, 0.3) is 11.8 Å². The van der Waals surface area contributed by atoms with Crippen LogP contribution in [-0.2, 0) is 40.9 Å². The number of fused-ring (bicyclic) bond motifs is 3. The fraction of sp³-hybridized carbons (Fsp3) is 0.360. The summed E-state index contributed by atoms with van der Waals surface area (Å²) in [6.45, 7) is 6.54. The van der Waals surface area contributed by atoms with Crippen LogP contribution in [0.3, 0.4) is 0 Å². The Hall–Kier alpha value is -6.98. The van der Waals surface area contributed by atoms with Crippen molar-refractivity contribution in [2.45, 2.75) is 58.7 Å². The molecular formula is C50H51ClFN7O9. The van der Waals surface area contributed by atoms with Crippen molar-refractivity contribution in [3.8, 4) is 28.4 Å². The summed E-state index contributed by atoms with van der Waals surface area (Å²) in [7, 11) is 3.33. The molecule has 0 spiro atoms. The van der Waals surface area contributed by atoms with Crippen molar-refractivity contribution in [1.29, 1.82) is 0 Å². The van der Waals surface area contributed by atoms with Gasteiger partial charge in [-0.25, -0.2) is 9.18 Å². The lowest BCUT2D eigenvalue weighted by atomic mass is 9.98.